The lowest BCUT2D eigenvalue weighted by Gasteiger charge is -2.14. The number of nitrogens with one attached hydrogen (secondary N) is 1. The van der Waals surface area contributed by atoms with Crippen LogP contribution in [-0.2, 0) is 19.3 Å². The van der Waals surface area contributed by atoms with Gasteiger partial charge in [-0.1, -0.05) is 60.7 Å². The highest BCUT2D eigenvalue weighted by Crippen LogP contribution is 2.44. The Balaban J connectivity index is 1.67. The minimum absolute atomic E-state index is 0.0915. The van der Waals surface area contributed by atoms with E-state index >= 15 is 0 Å². The standard InChI is InChI=1S/C24H22ClN5OS2/c1-3-15-10-9-14(13-26-15)20-16-11-12-18-22(33-23(27-18)28-24(31)32-4-2)21(16)30(29-20)19-8-6-5-7-17(19)25/h5-10,13H,3-4,11-12H2,1-2H3,(H,27,28,31). The Morgan fingerprint density at radius 1 is 1.21 bits per heavy atom. The van der Waals surface area contributed by atoms with Gasteiger partial charge < -0.3 is 0 Å². The van der Waals surface area contributed by atoms with Crippen molar-refractivity contribution < 1.29 is 4.79 Å². The first-order valence-electron chi connectivity index (χ1n) is 10.8. The molecule has 168 valence electrons. The van der Waals surface area contributed by atoms with Crippen molar-refractivity contribution in [2.24, 2.45) is 0 Å². The van der Waals surface area contributed by atoms with Crippen LogP contribution in [0.2, 0.25) is 5.02 Å². The van der Waals surface area contributed by atoms with E-state index in [9.17, 15) is 4.79 Å². The number of thiazole rings is 1. The molecular weight excluding hydrogens is 474 g/mol. The van der Waals surface area contributed by atoms with Crippen molar-refractivity contribution in [3.8, 4) is 27.5 Å². The van der Waals surface area contributed by atoms with Crippen LogP contribution in [0.3, 0.4) is 0 Å². The number of carbonyl (C=O) groups is 1. The van der Waals surface area contributed by atoms with Crippen LogP contribution in [0.4, 0.5) is 9.93 Å². The number of aromatic nitrogens is 4. The quantitative estimate of drug-likeness (QED) is 0.335. The molecule has 1 N–H and O–H groups in total. The molecule has 0 atom stereocenters. The second kappa shape index (κ2) is 9.29. The first kappa shape index (κ1) is 22.1. The van der Waals surface area contributed by atoms with Gasteiger partial charge in [0.05, 0.1) is 32.7 Å². The molecule has 33 heavy (non-hydrogen) atoms. The first-order valence-corrected chi connectivity index (χ1v) is 13.0. The number of anilines is 1. The van der Waals surface area contributed by atoms with Crippen molar-refractivity contribution >= 4 is 45.1 Å². The Morgan fingerprint density at radius 3 is 2.79 bits per heavy atom. The molecule has 0 fully saturated rings. The Hall–Kier alpha value is -2.68. The number of thioether (sulfide) groups is 1. The van der Waals surface area contributed by atoms with Gasteiger partial charge in [-0.15, -0.1) is 0 Å². The largest absolute Gasteiger partial charge is 0.293 e. The summed E-state index contributed by atoms with van der Waals surface area (Å²) in [6.07, 6.45) is 4.38. The maximum Gasteiger partial charge on any atom is 0.285 e. The number of rotatable bonds is 5. The summed E-state index contributed by atoms with van der Waals surface area (Å²) in [6.45, 7) is 4.05. The van der Waals surface area contributed by atoms with Gasteiger partial charge in [-0.25, -0.2) is 9.67 Å². The van der Waals surface area contributed by atoms with Crippen molar-refractivity contribution in [3.63, 3.8) is 0 Å². The maximum atomic E-state index is 12.1. The minimum Gasteiger partial charge on any atom is -0.293 e. The van der Waals surface area contributed by atoms with Crippen LogP contribution < -0.4 is 5.32 Å². The van der Waals surface area contributed by atoms with Crippen molar-refractivity contribution in [1.82, 2.24) is 19.7 Å². The van der Waals surface area contributed by atoms with E-state index in [2.05, 4.69) is 29.4 Å². The molecule has 0 aliphatic heterocycles. The fraction of sp³-hybridized carbons (Fsp3) is 0.250. The second-order valence-corrected chi connectivity index (χ2v) is 10.2. The molecule has 9 heteroatoms. The molecule has 0 saturated carbocycles. The number of para-hydroxylation sites is 1. The summed E-state index contributed by atoms with van der Waals surface area (Å²) in [5.41, 5.74) is 6.87. The predicted molar refractivity (Wildman–Crippen MR) is 137 cm³/mol. The molecule has 1 aliphatic rings. The van der Waals surface area contributed by atoms with E-state index in [0.29, 0.717) is 15.9 Å². The highest BCUT2D eigenvalue weighted by Gasteiger charge is 2.30. The number of benzene rings is 1. The highest BCUT2D eigenvalue weighted by atomic mass is 35.5. The van der Waals surface area contributed by atoms with Crippen LogP contribution >= 0.6 is 34.7 Å². The maximum absolute atomic E-state index is 12.1. The van der Waals surface area contributed by atoms with Crippen LogP contribution in [0.5, 0.6) is 0 Å². The summed E-state index contributed by atoms with van der Waals surface area (Å²) in [5, 5.41) is 9.09. The zero-order valence-electron chi connectivity index (χ0n) is 18.3. The van der Waals surface area contributed by atoms with Gasteiger partial charge in [-0.3, -0.25) is 15.1 Å². The average Bonchev–Trinajstić information content (AvgIpc) is 3.40. The van der Waals surface area contributed by atoms with Crippen molar-refractivity contribution in [2.45, 2.75) is 33.1 Å². The smallest absolute Gasteiger partial charge is 0.285 e. The zero-order valence-corrected chi connectivity index (χ0v) is 20.7. The molecule has 5 rings (SSSR count). The van der Waals surface area contributed by atoms with Gasteiger partial charge in [-0.05, 0) is 49.3 Å². The van der Waals surface area contributed by atoms with Gasteiger partial charge in [0.2, 0.25) is 0 Å². The summed E-state index contributed by atoms with van der Waals surface area (Å²) in [4.78, 5) is 22.4. The molecule has 0 bridgehead atoms. The molecule has 0 saturated heterocycles. The van der Waals surface area contributed by atoms with E-state index in [1.165, 1.54) is 23.1 Å². The molecule has 6 nitrogen and oxygen atoms in total. The molecule has 0 radical (unpaired) electrons. The number of nitrogens with zero attached hydrogens (tertiary/aromatic N) is 4. The van der Waals surface area contributed by atoms with Crippen LogP contribution in [0.25, 0.3) is 27.5 Å². The summed E-state index contributed by atoms with van der Waals surface area (Å²) in [6, 6.07) is 11.8. The molecule has 1 aromatic carbocycles. The Labute approximate surface area is 205 Å². The van der Waals surface area contributed by atoms with E-state index < -0.39 is 0 Å². The Kier molecular flexibility index (Phi) is 6.23. The Morgan fingerprint density at radius 2 is 2.06 bits per heavy atom. The van der Waals surface area contributed by atoms with Crippen molar-refractivity contribution in [1.29, 1.82) is 0 Å². The number of hydrogen-bond donors (Lipinski definition) is 1. The number of pyridine rings is 1. The average molecular weight is 496 g/mol. The molecule has 3 aromatic heterocycles. The number of halogens is 1. The fourth-order valence-electron chi connectivity index (χ4n) is 3.98. The number of fused-ring (bicyclic) bond motifs is 3. The third-order valence-corrected chi connectivity index (χ3v) is 7.53. The molecular formula is C24H22ClN5OS2. The van der Waals surface area contributed by atoms with Crippen molar-refractivity contribution in [2.75, 3.05) is 11.1 Å². The molecule has 4 aromatic rings. The lowest BCUT2D eigenvalue weighted by molar-refractivity contribution is 0.270. The highest BCUT2D eigenvalue weighted by molar-refractivity contribution is 8.13. The van der Waals surface area contributed by atoms with Gasteiger partial charge >= 0.3 is 0 Å². The number of hydrogen-bond acceptors (Lipinski definition) is 6. The van der Waals surface area contributed by atoms with E-state index in [4.69, 9.17) is 21.7 Å². The molecule has 3 heterocycles. The first-order chi connectivity index (χ1) is 16.1. The summed E-state index contributed by atoms with van der Waals surface area (Å²) >= 11 is 9.31. The van der Waals surface area contributed by atoms with Crippen molar-refractivity contribution in [3.05, 3.63) is 64.6 Å². The van der Waals surface area contributed by atoms with E-state index in [1.54, 1.807) is 0 Å². The third-order valence-electron chi connectivity index (χ3n) is 5.53. The molecule has 1 amide bonds. The lowest BCUT2D eigenvalue weighted by atomic mass is 9.95. The van der Waals surface area contributed by atoms with Gasteiger partial charge in [0.25, 0.3) is 5.24 Å². The topological polar surface area (TPSA) is 72.7 Å². The zero-order chi connectivity index (χ0) is 22.9. The van der Waals surface area contributed by atoms with Crippen LogP contribution in [-0.4, -0.2) is 30.7 Å². The lowest BCUT2D eigenvalue weighted by Crippen LogP contribution is -2.07. The molecule has 0 unspecified atom stereocenters. The van der Waals surface area contributed by atoms with Crippen LogP contribution in [0.15, 0.2) is 42.6 Å². The van der Waals surface area contributed by atoms with Crippen LogP contribution in [0, 0.1) is 0 Å². The summed E-state index contributed by atoms with van der Waals surface area (Å²) in [7, 11) is 0. The second-order valence-electron chi connectivity index (χ2n) is 7.57. The number of carbonyl (C=O) groups excluding carboxylic acids is 1. The normalized spacial score (nSPS) is 12.3. The van der Waals surface area contributed by atoms with Gasteiger partial charge in [0, 0.05) is 23.0 Å². The van der Waals surface area contributed by atoms with E-state index in [0.717, 1.165) is 63.7 Å². The van der Waals surface area contributed by atoms with Gasteiger partial charge in [-0.2, -0.15) is 5.10 Å². The fourth-order valence-corrected chi connectivity index (χ4v) is 5.76. The third kappa shape index (κ3) is 4.18. The number of aryl methyl sites for hydroxylation is 2. The van der Waals surface area contributed by atoms with Crippen LogP contribution in [0.1, 0.15) is 30.8 Å². The Bertz CT molecular complexity index is 1330. The predicted octanol–water partition coefficient (Wildman–Crippen LogP) is 6.66. The van der Waals surface area contributed by atoms with Gasteiger partial charge in [0.15, 0.2) is 5.13 Å². The molecule has 0 spiro atoms. The van der Waals surface area contributed by atoms with Gasteiger partial charge in [0.1, 0.15) is 0 Å². The number of amides is 1. The van der Waals surface area contributed by atoms with E-state index in [1.807, 2.05) is 42.1 Å². The van der Waals surface area contributed by atoms with E-state index in [-0.39, 0.29) is 5.24 Å². The molecule has 1 aliphatic carbocycles. The monoisotopic (exact) mass is 495 g/mol. The summed E-state index contributed by atoms with van der Waals surface area (Å²) < 4.78 is 1.92. The summed E-state index contributed by atoms with van der Waals surface area (Å²) in [5.74, 6) is 0.717. The minimum atomic E-state index is -0.0915. The SMILES string of the molecule is CCSC(=O)Nc1nc2c(s1)-c1c(c(-c3ccc(CC)nc3)nn1-c1ccccc1Cl)CC2.